The highest BCUT2D eigenvalue weighted by Gasteiger charge is 2.35. The fourth-order valence-corrected chi connectivity index (χ4v) is 3.37. The van der Waals surface area contributed by atoms with Crippen LogP contribution in [0.2, 0.25) is 0 Å². The van der Waals surface area contributed by atoms with E-state index in [-0.39, 0.29) is 24.0 Å². The third kappa shape index (κ3) is 3.66. The predicted octanol–water partition coefficient (Wildman–Crippen LogP) is 2.35. The van der Waals surface area contributed by atoms with Crippen molar-refractivity contribution in [1.82, 2.24) is 16.2 Å². The molecule has 3 unspecified atom stereocenters. The standard InChI is InChI=1S/C20H25N3O3/c1-12-6-5-7-15(10-12)20(24)21-19-18(13(2)22-23-19)14-8-9-16(25-3)17(11-14)26-4/h5-11,13,18-19,22-23H,1-4H3,(H,21,24). The molecule has 3 rings (SSSR count). The van der Waals surface area contributed by atoms with E-state index >= 15 is 0 Å². The first-order valence-electron chi connectivity index (χ1n) is 8.64. The monoisotopic (exact) mass is 355 g/mol. The molecule has 0 aliphatic carbocycles. The molecular weight excluding hydrogens is 330 g/mol. The van der Waals surface area contributed by atoms with E-state index in [0.717, 1.165) is 11.1 Å². The lowest BCUT2D eigenvalue weighted by molar-refractivity contribution is 0.0928. The lowest BCUT2D eigenvalue weighted by atomic mass is 9.91. The number of benzene rings is 2. The SMILES string of the molecule is COc1ccc(C2C(C)NNC2NC(=O)c2cccc(C)c2)cc1OC. The maximum Gasteiger partial charge on any atom is 0.252 e. The molecule has 0 spiro atoms. The maximum absolute atomic E-state index is 12.6. The molecule has 0 bridgehead atoms. The Balaban J connectivity index is 1.83. The van der Waals surface area contributed by atoms with E-state index in [4.69, 9.17) is 9.47 Å². The minimum Gasteiger partial charge on any atom is -0.493 e. The van der Waals surface area contributed by atoms with Crippen LogP contribution in [0.15, 0.2) is 42.5 Å². The average molecular weight is 355 g/mol. The molecule has 1 aliphatic heterocycles. The zero-order chi connectivity index (χ0) is 18.7. The molecule has 26 heavy (non-hydrogen) atoms. The lowest BCUT2D eigenvalue weighted by Gasteiger charge is -2.23. The predicted molar refractivity (Wildman–Crippen MR) is 100 cm³/mol. The van der Waals surface area contributed by atoms with Crippen molar-refractivity contribution in [3.8, 4) is 11.5 Å². The third-order valence-electron chi connectivity index (χ3n) is 4.72. The smallest absolute Gasteiger partial charge is 0.252 e. The summed E-state index contributed by atoms with van der Waals surface area (Å²) < 4.78 is 10.7. The van der Waals surface area contributed by atoms with Crippen LogP contribution in [0.3, 0.4) is 0 Å². The van der Waals surface area contributed by atoms with Gasteiger partial charge in [0.2, 0.25) is 0 Å². The van der Waals surface area contributed by atoms with Gasteiger partial charge in [0, 0.05) is 17.5 Å². The van der Waals surface area contributed by atoms with E-state index in [1.54, 1.807) is 14.2 Å². The highest BCUT2D eigenvalue weighted by molar-refractivity contribution is 5.94. The molecule has 0 radical (unpaired) electrons. The van der Waals surface area contributed by atoms with Gasteiger partial charge in [-0.2, -0.15) is 0 Å². The number of carbonyl (C=O) groups excluding carboxylic acids is 1. The highest BCUT2D eigenvalue weighted by Crippen LogP contribution is 2.34. The molecule has 2 aromatic carbocycles. The summed E-state index contributed by atoms with van der Waals surface area (Å²) >= 11 is 0. The Hall–Kier alpha value is -2.57. The number of amides is 1. The van der Waals surface area contributed by atoms with E-state index in [2.05, 4.69) is 23.1 Å². The first-order valence-corrected chi connectivity index (χ1v) is 8.64. The summed E-state index contributed by atoms with van der Waals surface area (Å²) in [6, 6.07) is 13.5. The third-order valence-corrected chi connectivity index (χ3v) is 4.72. The van der Waals surface area contributed by atoms with Crippen molar-refractivity contribution in [1.29, 1.82) is 0 Å². The maximum atomic E-state index is 12.6. The fraction of sp³-hybridized carbons (Fsp3) is 0.350. The molecule has 1 fully saturated rings. The number of ether oxygens (including phenoxy) is 2. The van der Waals surface area contributed by atoms with Crippen LogP contribution < -0.4 is 25.6 Å². The normalized spacial score (nSPS) is 22.1. The van der Waals surface area contributed by atoms with Gasteiger partial charge in [-0.25, -0.2) is 5.43 Å². The van der Waals surface area contributed by atoms with Crippen LogP contribution in [0.5, 0.6) is 11.5 Å². The topological polar surface area (TPSA) is 71.6 Å². The van der Waals surface area contributed by atoms with Crippen LogP contribution in [0.4, 0.5) is 0 Å². The molecule has 6 heteroatoms. The van der Waals surface area contributed by atoms with E-state index in [9.17, 15) is 4.79 Å². The van der Waals surface area contributed by atoms with Crippen LogP contribution in [0.1, 0.15) is 34.3 Å². The number of hydrazine groups is 1. The van der Waals surface area contributed by atoms with Gasteiger partial charge in [0.1, 0.15) is 6.17 Å². The Morgan fingerprint density at radius 3 is 2.50 bits per heavy atom. The molecule has 6 nitrogen and oxygen atoms in total. The molecule has 2 aromatic rings. The Bertz CT molecular complexity index is 794. The molecule has 1 heterocycles. The molecule has 1 saturated heterocycles. The first-order chi connectivity index (χ1) is 12.5. The van der Waals surface area contributed by atoms with Crippen LogP contribution in [-0.4, -0.2) is 32.3 Å². The van der Waals surface area contributed by atoms with Crippen LogP contribution >= 0.6 is 0 Å². The lowest BCUT2D eigenvalue weighted by Crippen LogP contribution is -2.46. The first kappa shape index (κ1) is 18.2. The zero-order valence-corrected chi connectivity index (χ0v) is 15.5. The summed E-state index contributed by atoms with van der Waals surface area (Å²) in [6.07, 6.45) is -0.240. The van der Waals surface area contributed by atoms with Gasteiger partial charge >= 0.3 is 0 Å². The number of carbonyl (C=O) groups is 1. The molecule has 0 aromatic heterocycles. The average Bonchev–Trinajstić information content (AvgIpc) is 3.01. The van der Waals surface area contributed by atoms with E-state index in [1.807, 2.05) is 49.4 Å². The second kappa shape index (κ2) is 7.76. The van der Waals surface area contributed by atoms with Crippen molar-refractivity contribution < 1.29 is 14.3 Å². The van der Waals surface area contributed by atoms with Gasteiger partial charge < -0.3 is 14.8 Å². The van der Waals surface area contributed by atoms with Gasteiger partial charge in [-0.1, -0.05) is 23.8 Å². The molecule has 138 valence electrons. The number of rotatable bonds is 5. The Kier molecular flexibility index (Phi) is 5.44. The van der Waals surface area contributed by atoms with Gasteiger partial charge in [0.25, 0.3) is 5.91 Å². The molecular formula is C20H25N3O3. The van der Waals surface area contributed by atoms with E-state index < -0.39 is 0 Å². The van der Waals surface area contributed by atoms with Gasteiger partial charge in [-0.05, 0) is 43.7 Å². The van der Waals surface area contributed by atoms with Crippen molar-refractivity contribution in [2.45, 2.75) is 32.0 Å². The second-order valence-corrected chi connectivity index (χ2v) is 6.54. The highest BCUT2D eigenvalue weighted by atomic mass is 16.5. The van der Waals surface area contributed by atoms with Crippen molar-refractivity contribution in [2.75, 3.05) is 14.2 Å². The summed E-state index contributed by atoms with van der Waals surface area (Å²) in [5.74, 6) is 1.30. The van der Waals surface area contributed by atoms with Crippen molar-refractivity contribution in [3.05, 3.63) is 59.2 Å². The van der Waals surface area contributed by atoms with Crippen molar-refractivity contribution in [3.63, 3.8) is 0 Å². The van der Waals surface area contributed by atoms with E-state index in [1.165, 1.54) is 0 Å². The van der Waals surface area contributed by atoms with Crippen molar-refractivity contribution in [2.24, 2.45) is 0 Å². The Labute approximate surface area is 153 Å². The summed E-state index contributed by atoms with van der Waals surface area (Å²) in [5, 5.41) is 3.08. The van der Waals surface area contributed by atoms with Crippen LogP contribution in [0, 0.1) is 6.92 Å². The summed E-state index contributed by atoms with van der Waals surface area (Å²) in [7, 11) is 3.23. The number of nitrogens with one attached hydrogen (secondary N) is 3. The number of methoxy groups -OCH3 is 2. The number of hydrogen-bond acceptors (Lipinski definition) is 5. The fourth-order valence-electron chi connectivity index (χ4n) is 3.37. The summed E-state index contributed by atoms with van der Waals surface area (Å²) in [4.78, 5) is 12.6. The minimum atomic E-state index is -0.240. The number of aryl methyl sites for hydroxylation is 1. The van der Waals surface area contributed by atoms with Crippen LogP contribution in [0.25, 0.3) is 0 Å². The zero-order valence-electron chi connectivity index (χ0n) is 15.5. The summed E-state index contributed by atoms with van der Waals surface area (Å²) in [5.41, 5.74) is 9.16. The summed E-state index contributed by atoms with van der Waals surface area (Å²) in [6.45, 7) is 4.05. The van der Waals surface area contributed by atoms with Gasteiger partial charge in [-0.3, -0.25) is 10.2 Å². The Morgan fingerprint density at radius 1 is 1.04 bits per heavy atom. The van der Waals surface area contributed by atoms with E-state index in [0.29, 0.717) is 17.1 Å². The molecule has 0 saturated carbocycles. The Morgan fingerprint density at radius 2 is 1.81 bits per heavy atom. The largest absolute Gasteiger partial charge is 0.493 e. The number of hydrogen-bond donors (Lipinski definition) is 3. The van der Waals surface area contributed by atoms with Gasteiger partial charge in [0.05, 0.1) is 14.2 Å². The van der Waals surface area contributed by atoms with Crippen LogP contribution in [-0.2, 0) is 0 Å². The molecule has 1 aliphatic rings. The molecule has 3 N–H and O–H groups in total. The van der Waals surface area contributed by atoms with Gasteiger partial charge in [-0.15, -0.1) is 0 Å². The second-order valence-electron chi connectivity index (χ2n) is 6.54. The quantitative estimate of drug-likeness (QED) is 0.768. The van der Waals surface area contributed by atoms with Crippen molar-refractivity contribution >= 4 is 5.91 Å². The molecule has 3 atom stereocenters. The molecule has 1 amide bonds. The minimum absolute atomic E-state index is 0.0450. The van der Waals surface area contributed by atoms with Gasteiger partial charge in [0.15, 0.2) is 11.5 Å².